The zero-order chi connectivity index (χ0) is 18.2. The normalized spacial score (nSPS) is 11.9. The van der Waals surface area contributed by atoms with Crippen LogP contribution in [0.2, 0.25) is 0 Å². The lowest BCUT2D eigenvalue weighted by molar-refractivity contribution is -0.137. The summed E-state index contributed by atoms with van der Waals surface area (Å²) in [4.78, 5) is 12.4. The average molecular weight is 365 g/mol. The third-order valence-corrected chi connectivity index (χ3v) is 4.67. The Labute approximate surface area is 146 Å². The van der Waals surface area contributed by atoms with Crippen LogP contribution in [0.4, 0.5) is 13.2 Å². The van der Waals surface area contributed by atoms with Crippen molar-refractivity contribution in [3.05, 3.63) is 58.8 Å². The first kappa shape index (κ1) is 17.5. The standard InChI is InChI=1S/C17H14F3N3OS/c1-10-3-4-11(2)13(7-10)14(24)9-25-16-22-21-15-6-5-12(8-23(15)16)17(18,19)20/h3-8H,9H2,1-2H3. The summed E-state index contributed by atoms with van der Waals surface area (Å²) >= 11 is 1.07. The molecule has 0 unspecified atom stereocenters. The summed E-state index contributed by atoms with van der Waals surface area (Å²) < 4.78 is 39.8. The van der Waals surface area contributed by atoms with Gasteiger partial charge in [-0.3, -0.25) is 9.20 Å². The number of hydrogen-bond donors (Lipinski definition) is 0. The molecule has 0 radical (unpaired) electrons. The number of benzene rings is 1. The molecular weight excluding hydrogens is 351 g/mol. The van der Waals surface area contributed by atoms with Crippen LogP contribution in [0, 0.1) is 13.8 Å². The fraction of sp³-hybridized carbons (Fsp3) is 0.235. The Balaban J connectivity index is 1.83. The molecule has 0 aliphatic rings. The van der Waals surface area contributed by atoms with Gasteiger partial charge in [0.15, 0.2) is 16.6 Å². The van der Waals surface area contributed by atoms with E-state index in [9.17, 15) is 18.0 Å². The van der Waals surface area contributed by atoms with Crippen molar-refractivity contribution >= 4 is 23.2 Å². The Hall–Kier alpha value is -2.35. The summed E-state index contributed by atoms with van der Waals surface area (Å²) in [7, 11) is 0. The lowest BCUT2D eigenvalue weighted by Crippen LogP contribution is -2.07. The predicted molar refractivity (Wildman–Crippen MR) is 89.0 cm³/mol. The van der Waals surface area contributed by atoms with E-state index in [0.717, 1.165) is 35.2 Å². The molecule has 0 fully saturated rings. The highest BCUT2D eigenvalue weighted by Crippen LogP contribution is 2.30. The summed E-state index contributed by atoms with van der Waals surface area (Å²) in [5.41, 5.74) is 1.96. The van der Waals surface area contributed by atoms with Gasteiger partial charge in [0, 0.05) is 11.8 Å². The molecule has 0 spiro atoms. The summed E-state index contributed by atoms with van der Waals surface area (Å²) in [5, 5.41) is 7.97. The summed E-state index contributed by atoms with van der Waals surface area (Å²) in [6.45, 7) is 3.74. The molecule has 0 aliphatic heterocycles. The molecule has 0 amide bonds. The molecule has 0 saturated carbocycles. The van der Waals surface area contributed by atoms with Crippen LogP contribution in [0.1, 0.15) is 27.0 Å². The molecule has 130 valence electrons. The second-order valence-electron chi connectivity index (χ2n) is 5.66. The van der Waals surface area contributed by atoms with Gasteiger partial charge in [-0.1, -0.05) is 29.5 Å². The van der Waals surface area contributed by atoms with Gasteiger partial charge in [-0.2, -0.15) is 13.2 Å². The topological polar surface area (TPSA) is 47.3 Å². The van der Waals surface area contributed by atoms with E-state index in [1.54, 1.807) is 0 Å². The molecule has 0 aliphatic carbocycles. The minimum Gasteiger partial charge on any atom is -0.293 e. The summed E-state index contributed by atoms with van der Waals surface area (Å²) in [6.07, 6.45) is -3.51. The molecule has 0 atom stereocenters. The van der Waals surface area contributed by atoms with Gasteiger partial charge in [0.25, 0.3) is 0 Å². The minimum absolute atomic E-state index is 0.0708. The van der Waals surface area contributed by atoms with E-state index in [2.05, 4.69) is 10.2 Å². The van der Waals surface area contributed by atoms with Gasteiger partial charge in [-0.05, 0) is 37.6 Å². The van der Waals surface area contributed by atoms with E-state index in [4.69, 9.17) is 0 Å². The van der Waals surface area contributed by atoms with E-state index in [0.29, 0.717) is 11.2 Å². The number of aromatic nitrogens is 3. The van der Waals surface area contributed by atoms with Crippen molar-refractivity contribution in [1.82, 2.24) is 14.6 Å². The molecular formula is C17H14F3N3OS. The average Bonchev–Trinajstić information content (AvgIpc) is 2.96. The second kappa shape index (κ2) is 6.51. The van der Waals surface area contributed by atoms with Gasteiger partial charge in [-0.15, -0.1) is 10.2 Å². The first-order valence-electron chi connectivity index (χ1n) is 7.41. The van der Waals surface area contributed by atoms with Crippen molar-refractivity contribution in [3.63, 3.8) is 0 Å². The second-order valence-corrected chi connectivity index (χ2v) is 6.60. The number of Topliss-reactive ketones (excluding diaryl/α,β-unsaturated/α-hetero) is 1. The molecule has 1 aromatic carbocycles. The van der Waals surface area contributed by atoms with Crippen LogP contribution >= 0.6 is 11.8 Å². The Morgan fingerprint density at radius 2 is 1.92 bits per heavy atom. The summed E-state index contributed by atoms with van der Waals surface area (Å²) in [6, 6.07) is 7.81. The highest BCUT2D eigenvalue weighted by molar-refractivity contribution is 7.99. The highest BCUT2D eigenvalue weighted by atomic mass is 32.2. The number of pyridine rings is 1. The first-order chi connectivity index (χ1) is 11.8. The van der Waals surface area contributed by atoms with Gasteiger partial charge in [0.2, 0.25) is 0 Å². The van der Waals surface area contributed by atoms with Crippen LogP contribution in [0.25, 0.3) is 5.65 Å². The fourth-order valence-corrected chi connectivity index (χ4v) is 3.18. The molecule has 8 heteroatoms. The van der Waals surface area contributed by atoms with Crippen LogP contribution in [-0.2, 0) is 6.18 Å². The molecule has 2 heterocycles. The lowest BCUT2D eigenvalue weighted by Gasteiger charge is -2.08. The van der Waals surface area contributed by atoms with Gasteiger partial charge in [0.05, 0.1) is 11.3 Å². The Bertz CT molecular complexity index is 950. The zero-order valence-electron chi connectivity index (χ0n) is 13.5. The van der Waals surface area contributed by atoms with Crippen molar-refractivity contribution in [3.8, 4) is 0 Å². The van der Waals surface area contributed by atoms with E-state index < -0.39 is 11.7 Å². The number of rotatable bonds is 4. The number of alkyl halides is 3. The largest absolute Gasteiger partial charge is 0.417 e. The number of thioether (sulfide) groups is 1. The summed E-state index contributed by atoms with van der Waals surface area (Å²) in [5.74, 6) is -0.0312. The predicted octanol–water partition coefficient (Wildman–Crippen LogP) is 4.34. The number of halogens is 3. The van der Waals surface area contributed by atoms with Crippen LogP contribution in [0.3, 0.4) is 0 Å². The van der Waals surface area contributed by atoms with E-state index in [-0.39, 0.29) is 16.7 Å². The smallest absolute Gasteiger partial charge is 0.293 e. The number of fused-ring (bicyclic) bond motifs is 1. The maximum atomic E-state index is 12.9. The van der Waals surface area contributed by atoms with Crippen LogP contribution < -0.4 is 0 Å². The van der Waals surface area contributed by atoms with Crippen molar-refractivity contribution in [2.24, 2.45) is 0 Å². The third-order valence-electron chi connectivity index (χ3n) is 3.72. The Morgan fingerprint density at radius 1 is 1.16 bits per heavy atom. The first-order valence-corrected chi connectivity index (χ1v) is 8.39. The number of nitrogens with zero attached hydrogens (tertiary/aromatic N) is 3. The molecule has 0 bridgehead atoms. The van der Waals surface area contributed by atoms with Gasteiger partial charge in [0.1, 0.15) is 0 Å². The van der Waals surface area contributed by atoms with Gasteiger partial charge >= 0.3 is 6.18 Å². The molecule has 25 heavy (non-hydrogen) atoms. The van der Waals surface area contributed by atoms with Gasteiger partial charge in [-0.25, -0.2) is 0 Å². The Morgan fingerprint density at radius 3 is 2.64 bits per heavy atom. The maximum Gasteiger partial charge on any atom is 0.417 e. The molecule has 3 rings (SSSR count). The zero-order valence-corrected chi connectivity index (χ0v) is 14.3. The quantitative estimate of drug-likeness (QED) is 0.510. The highest BCUT2D eigenvalue weighted by Gasteiger charge is 2.31. The molecule has 3 aromatic rings. The van der Waals surface area contributed by atoms with E-state index >= 15 is 0 Å². The SMILES string of the molecule is Cc1ccc(C)c(C(=O)CSc2nnc3ccc(C(F)(F)F)cn23)c1. The van der Waals surface area contributed by atoms with Crippen LogP contribution in [0.15, 0.2) is 41.7 Å². The lowest BCUT2D eigenvalue weighted by atomic mass is 10.0. The number of ketones is 1. The number of carbonyl (C=O) groups is 1. The van der Waals surface area contributed by atoms with Crippen LogP contribution in [0.5, 0.6) is 0 Å². The fourth-order valence-electron chi connectivity index (χ4n) is 2.38. The number of hydrogen-bond acceptors (Lipinski definition) is 4. The number of carbonyl (C=O) groups excluding carboxylic acids is 1. The van der Waals surface area contributed by atoms with E-state index in [1.165, 1.54) is 10.5 Å². The molecule has 2 aromatic heterocycles. The maximum absolute atomic E-state index is 12.9. The van der Waals surface area contributed by atoms with Crippen molar-refractivity contribution in [2.45, 2.75) is 25.2 Å². The van der Waals surface area contributed by atoms with Crippen molar-refractivity contribution in [1.29, 1.82) is 0 Å². The number of aryl methyl sites for hydroxylation is 2. The van der Waals surface area contributed by atoms with Crippen molar-refractivity contribution < 1.29 is 18.0 Å². The molecule has 0 saturated heterocycles. The van der Waals surface area contributed by atoms with Gasteiger partial charge < -0.3 is 0 Å². The molecule has 4 nitrogen and oxygen atoms in total. The molecule has 0 N–H and O–H groups in total. The van der Waals surface area contributed by atoms with E-state index in [1.807, 2.05) is 32.0 Å². The monoisotopic (exact) mass is 365 g/mol. The third kappa shape index (κ3) is 3.68. The Kier molecular flexibility index (Phi) is 4.55. The van der Waals surface area contributed by atoms with Crippen LogP contribution in [-0.4, -0.2) is 26.1 Å². The van der Waals surface area contributed by atoms with Crippen molar-refractivity contribution in [2.75, 3.05) is 5.75 Å². The minimum atomic E-state index is -4.45.